The van der Waals surface area contributed by atoms with E-state index in [1.54, 1.807) is 6.92 Å². The number of rotatable bonds is 3. The normalized spacial score (nSPS) is 6.95. The molecule has 0 bridgehead atoms. The van der Waals surface area contributed by atoms with Gasteiger partial charge < -0.3 is 14.6 Å². The third-order valence-electron chi connectivity index (χ3n) is 1.08. The number of carboxylic acids is 1. The molecule has 22 heavy (non-hydrogen) atoms. The standard InChI is InChI=1S/C5H8O2.C4H6O2.C3H4O2.C2H2Cl2/c1-4(2)5(6)7-3;1-3-4(5)6-2;1-2-3(4)5;1-2(3)4/h1H2,2-3H3;3H,1H2,2H3;2H,1H2,(H,4,5);1H2. The summed E-state index contributed by atoms with van der Waals surface area (Å²) in [7, 11) is 2.64. The first-order valence-corrected chi connectivity index (χ1v) is 6.05. The third kappa shape index (κ3) is 52.1. The number of halogens is 2. The molecule has 6 nitrogen and oxygen atoms in total. The van der Waals surface area contributed by atoms with Crippen molar-refractivity contribution in [1.29, 1.82) is 0 Å². The zero-order chi connectivity index (χ0) is 18.7. The zero-order valence-corrected chi connectivity index (χ0v) is 14.2. The second-order valence-electron chi connectivity index (χ2n) is 2.88. The highest BCUT2D eigenvalue weighted by Gasteiger charge is 1.95. The molecular formula is C14H20Cl2O6. The molecule has 0 rings (SSSR count). The lowest BCUT2D eigenvalue weighted by molar-refractivity contribution is -0.136. The maximum Gasteiger partial charge on any atom is 0.332 e. The predicted molar refractivity (Wildman–Crippen MR) is 87.7 cm³/mol. The second-order valence-corrected chi connectivity index (χ2v) is 3.99. The summed E-state index contributed by atoms with van der Waals surface area (Å²) in [4.78, 5) is 29.3. The fourth-order valence-electron chi connectivity index (χ4n) is 0.258. The minimum absolute atomic E-state index is 0.111. The van der Waals surface area contributed by atoms with E-state index in [9.17, 15) is 14.4 Å². The number of carboxylic acid groups (broad SMARTS) is 1. The van der Waals surface area contributed by atoms with E-state index >= 15 is 0 Å². The molecule has 8 heteroatoms. The predicted octanol–water partition coefficient (Wildman–Crippen LogP) is 3.27. The van der Waals surface area contributed by atoms with Gasteiger partial charge in [-0.3, -0.25) is 0 Å². The Balaban J connectivity index is -0.000000100. The van der Waals surface area contributed by atoms with Crippen LogP contribution in [0.2, 0.25) is 0 Å². The maximum absolute atomic E-state index is 10.2. The van der Waals surface area contributed by atoms with Gasteiger partial charge in [0.05, 0.1) is 18.7 Å². The van der Waals surface area contributed by atoms with Crippen molar-refractivity contribution in [2.75, 3.05) is 14.2 Å². The van der Waals surface area contributed by atoms with E-state index in [1.165, 1.54) is 14.2 Å². The van der Waals surface area contributed by atoms with Gasteiger partial charge in [-0.2, -0.15) is 0 Å². The molecule has 0 fully saturated rings. The highest BCUT2D eigenvalue weighted by molar-refractivity contribution is 6.55. The van der Waals surface area contributed by atoms with Crippen molar-refractivity contribution >= 4 is 41.1 Å². The molecule has 0 amide bonds. The first-order chi connectivity index (χ1) is 9.99. The Labute approximate surface area is 140 Å². The van der Waals surface area contributed by atoms with Crippen LogP contribution in [0.15, 0.2) is 48.5 Å². The summed E-state index contributed by atoms with van der Waals surface area (Å²) in [6.45, 7) is 14.2. The van der Waals surface area contributed by atoms with Crippen molar-refractivity contribution < 1.29 is 29.0 Å². The van der Waals surface area contributed by atoms with Crippen molar-refractivity contribution in [2.24, 2.45) is 0 Å². The summed E-state index contributed by atoms with van der Waals surface area (Å²) in [5.41, 5.74) is 0.433. The van der Waals surface area contributed by atoms with Crippen LogP contribution in [0.25, 0.3) is 0 Å². The van der Waals surface area contributed by atoms with Crippen LogP contribution in [0.5, 0.6) is 0 Å². The van der Waals surface area contributed by atoms with E-state index in [4.69, 9.17) is 28.3 Å². The number of carbonyl (C=O) groups excluding carboxylic acids is 2. The second kappa shape index (κ2) is 21.3. The smallest absolute Gasteiger partial charge is 0.332 e. The molecule has 0 aromatic carbocycles. The highest BCUT2D eigenvalue weighted by Crippen LogP contribution is 1.98. The van der Waals surface area contributed by atoms with Gasteiger partial charge in [0.1, 0.15) is 0 Å². The Kier molecular flexibility index (Phi) is 27.2. The molecule has 0 aromatic rings. The van der Waals surface area contributed by atoms with Crippen molar-refractivity contribution in [2.45, 2.75) is 6.92 Å². The summed E-state index contributed by atoms with van der Waals surface area (Å²) in [6.07, 6.45) is 1.94. The largest absolute Gasteiger partial charge is 0.478 e. The average Bonchev–Trinajstić information content (AvgIpc) is 2.45. The van der Waals surface area contributed by atoms with E-state index < -0.39 is 11.9 Å². The number of carbonyl (C=O) groups is 3. The molecule has 0 spiro atoms. The molecule has 0 saturated carbocycles. The molecule has 0 aromatic heterocycles. The molecule has 0 heterocycles. The molecule has 0 saturated heterocycles. The minimum atomic E-state index is -0.981. The molecule has 1 N–H and O–H groups in total. The van der Waals surface area contributed by atoms with Crippen molar-refractivity contribution in [3.8, 4) is 0 Å². The fourth-order valence-corrected chi connectivity index (χ4v) is 0.258. The molecule has 0 aliphatic rings. The van der Waals surface area contributed by atoms with Crippen LogP contribution in [0.3, 0.4) is 0 Å². The molecule has 0 aliphatic heterocycles. The highest BCUT2D eigenvalue weighted by atomic mass is 35.5. The first kappa shape index (κ1) is 28.2. The van der Waals surface area contributed by atoms with E-state index in [0.29, 0.717) is 5.57 Å². The van der Waals surface area contributed by atoms with Crippen LogP contribution in [-0.2, 0) is 23.9 Å². The van der Waals surface area contributed by atoms with Gasteiger partial charge in [0.2, 0.25) is 0 Å². The zero-order valence-electron chi connectivity index (χ0n) is 12.7. The maximum atomic E-state index is 10.2. The van der Waals surface area contributed by atoms with Crippen molar-refractivity contribution in [3.05, 3.63) is 48.5 Å². The van der Waals surface area contributed by atoms with Crippen LogP contribution in [-0.4, -0.2) is 37.2 Å². The minimum Gasteiger partial charge on any atom is -0.478 e. The van der Waals surface area contributed by atoms with Gasteiger partial charge in [0.15, 0.2) is 0 Å². The lowest BCUT2D eigenvalue weighted by Crippen LogP contribution is -1.98. The van der Waals surface area contributed by atoms with Gasteiger partial charge in [-0.1, -0.05) is 49.5 Å². The summed E-state index contributed by atoms with van der Waals surface area (Å²) in [5, 5.41) is 7.60. The van der Waals surface area contributed by atoms with Gasteiger partial charge in [-0.25, -0.2) is 14.4 Å². The summed E-state index contributed by atoms with van der Waals surface area (Å²) >= 11 is 9.69. The van der Waals surface area contributed by atoms with Crippen molar-refractivity contribution in [3.63, 3.8) is 0 Å². The van der Waals surface area contributed by atoms with Crippen LogP contribution < -0.4 is 0 Å². The van der Waals surface area contributed by atoms with Gasteiger partial charge >= 0.3 is 17.9 Å². The lowest BCUT2D eigenvalue weighted by Gasteiger charge is -1.91. The monoisotopic (exact) mass is 354 g/mol. The quantitative estimate of drug-likeness (QED) is 0.617. The van der Waals surface area contributed by atoms with Crippen LogP contribution in [0, 0.1) is 0 Å². The van der Waals surface area contributed by atoms with Crippen LogP contribution in [0.4, 0.5) is 0 Å². The number of hydrogen-bond donors (Lipinski definition) is 1. The first-order valence-electron chi connectivity index (χ1n) is 5.29. The van der Waals surface area contributed by atoms with Crippen LogP contribution in [0.1, 0.15) is 6.92 Å². The SMILES string of the molecule is C=C(C)C(=O)OC.C=C(Cl)Cl.C=CC(=O)O.C=CC(=O)OC. The number of ether oxygens (including phenoxy) is 2. The molecule has 0 aliphatic carbocycles. The summed E-state index contributed by atoms with van der Waals surface area (Å²) in [6, 6.07) is 0. The third-order valence-corrected chi connectivity index (χ3v) is 1.08. The lowest BCUT2D eigenvalue weighted by atomic mass is 10.4. The van der Waals surface area contributed by atoms with E-state index in [-0.39, 0.29) is 10.5 Å². The molecule has 0 atom stereocenters. The molecular weight excluding hydrogens is 335 g/mol. The fraction of sp³-hybridized carbons (Fsp3) is 0.214. The Morgan fingerprint density at radius 3 is 1.32 bits per heavy atom. The Morgan fingerprint density at radius 1 is 1.00 bits per heavy atom. The van der Waals surface area contributed by atoms with Gasteiger partial charge in [0.25, 0.3) is 0 Å². The Hall–Kier alpha value is -2.05. The molecule has 126 valence electrons. The van der Waals surface area contributed by atoms with Crippen LogP contribution >= 0.6 is 23.2 Å². The molecule has 0 unspecified atom stereocenters. The van der Waals surface area contributed by atoms with Gasteiger partial charge in [-0.15, -0.1) is 0 Å². The topological polar surface area (TPSA) is 89.9 Å². The van der Waals surface area contributed by atoms with E-state index in [2.05, 4.69) is 35.8 Å². The average molecular weight is 355 g/mol. The van der Waals surface area contributed by atoms with E-state index in [0.717, 1.165) is 12.2 Å². The number of hydrogen-bond acceptors (Lipinski definition) is 5. The summed E-state index contributed by atoms with van der Waals surface area (Å²) in [5.74, 6) is -1.72. The van der Waals surface area contributed by atoms with Gasteiger partial charge in [-0.05, 0) is 6.92 Å². The number of methoxy groups -OCH3 is 2. The molecule has 0 radical (unpaired) electrons. The van der Waals surface area contributed by atoms with Gasteiger partial charge in [0, 0.05) is 17.7 Å². The van der Waals surface area contributed by atoms with E-state index in [1.807, 2.05) is 0 Å². The number of aliphatic carboxylic acids is 1. The number of esters is 2. The summed E-state index contributed by atoms with van der Waals surface area (Å²) < 4.78 is 8.53. The van der Waals surface area contributed by atoms with Crippen molar-refractivity contribution in [1.82, 2.24) is 0 Å². The Bertz CT molecular complexity index is 398. The Morgan fingerprint density at radius 2 is 1.32 bits per heavy atom.